The largest absolute Gasteiger partial charge is 0.379 e. The number of morpholine rings is 1. The fraction of sp³-hybridized carbons (Fsp3) is 0.600. The van der Waals surface area contributed by atoms with Gasteiger partial charge in [-0.1, -0.05) is 6.07 Å². The van der Waals surface area contributed by atoms with Crippen LogP contribution in [0.15, 0.2) is 17.5 Å². The van der Waals surface area contributed by atoms with Gasteiger partial charge in [0, 0.05) is 39.0 Å². The molecule has 1 saturated heterocycles. The molecular formula is C15H22N2O3S. The van der Waals surface area contributed by atoms with Crippen LogP contribution in [0.2, 0.25) is 0 Å². The van der Waals surface area contributed by atoms with E-state index in [0.29, 0.717) is 25.8 Å². The second-order valence-electron chi connectivity index (χ2n) is 5.06. The Labute approximate surface area is 129 Å². The number of hydrogen-bond donors (Lipinski definition) is 1. The monoisotopic (exact) mass is 310 g/mol. The molecule has 0 saturated carbocycles. The first kappa shape index (κ1) is 16.1. The minimum atomic E-state index is 0.0299. The second-order valence-corrected chi connectivity index (χ2v) is 6.01. The van der Waals surface area contributed by atoms with Crippen molar-refractivity contribution in [3.05, 3.63) is 22.4 Å². The highest BCUT2D eigenvalue weighted by Gasteiger charge is 2.11. The van der Waals surface area contributed by atoms with Crippen molar-refractivity contribution >= 4 is 23.0 Å². The molecule has 1 aromatic rings. The van der Waals surface area contributed by atoms with Crippen LogP contribution in [0.4, 0.5) is 0 Å². The molecule has 0 atom stereocenters. The number of thiophene rings is 1. The third kappa shape index (κ3) is 5.95. The number of rotatable bonds is 8. The number of amides is 1. The molecule has 1 fully saturated rings. The first-order valence-corrected chi connectivity index (χ1v) is 8.27. The Bertz CT molecular complexity index is 442. The molecular weight excluding hydrogens is 288 g/mol. The first-order chi connectivity index (χ1) is 10.3. The molecule has 0 aromatic carbocycles. The van der Waals surface area contributed by atoms with Gasteiger partial charge in [-0.2, -0.15) is 0 Å². The van der Waals surface area contributed by atoms with E-state index in [0.717, 1.165) is 37.7 Å². The van der Waals surface area contributed by atoms with Crippen LogP contribution in [-0.4, -0.2) is 56.0 Å². The molecule has 2 heterocycles. The first-order valence-electron chi connectivity index (χ1n) is 7.39. The molecule has 2 rings (SSSR count). The smallest absolute Gasteiger partial charge is 0.220 e. The van der Waals surface area contributed by atoms with Gasteiger partial charge in [0.25, 0.3) is 0 Å². The Hall–Kier alpha value is -1.24. The summed E-state index contributed by atoms with van der Waals surface area (Å²) in [6, 6.07) is 3.70. The lowest BCUT2D eigenvalue weighted by molar-refractivity contribution is -0.121. The van der Waals surface area contributed by atoms with Gasteiger partial charge in [0.1, 0.15) is 0 Å². The zero-order chi connectivity index (χ0) is 14.9. The predicted molar refractivity (Wildman–Crippen MR) is 82.8 cm³/mol. The molecule has 0 radical (unpaired) electrons. The Morgan fingerprint density at radius 2 is 2.10 bits per heavy atom. The fourth-order valence-electron chi connectivity index (χ4n) is 2.24. The number of carbonyl (C=O) groups excluding carboxylic acids is 2. The lowest BCUT2D eigenvalue weighted by Crippen LogP contribution is -2.41. The predicted octanol–water partition coefficient (Wildman–Crippen LogP) is 1.55. The van der Waals surface area contributed by atoms with E-state index >= 15 is 0 Å². The highest BCUT2D eigenvalue weighted by atomic mass is 32.1. The van der Waals surface area contributed by atoms with E-state index in [4.69, 9.17) is 4.74 Å². The average molecular weight is 310 g/mol. The number of nitrogens with one attached hydrogen (secondary N) is 1. The lowest BCUT2D eigenvalue weighted by Gasteiger charge is -2.26. The van der Waals surface area contributed by atoms with Crippen LogP contribution in [0.3, 0.4) is 0 Å². The normalized spacial score (nSPS) is 15.8. The van der Waals surface area contributed by atoms with Gasteiger partial charge in [-0.25, -0.2) is 0 Å². The van der Waals surface area contributed by atoms with Gasteiger partial charge in [-0.15, -0.1) is 11.3 Å². The summed E-state index contributed by atoms with van der Waals surface area (Å²) in [5, 5.41) is 4.80. The molecule has 0 unspecified atom stereocenters. The second kappa shape index (κ2) is 8.92. The van der Waals surface area contributed by atoms with Crippen LogP contribution < -0.4 is 5.32 Å². The maximum absolute atomic E-state index is 11.8. The van der Waals surface area contributed by atoms with Gasteiger partial charge < -0.3 is 10.1 Å². The van der Waals surface area contributed by atoms with Gasteiger partial charge in [-0.05, 0) is 17.9 Å². The maximum atomic E-state index is 11.8. The number of carbonyl (C=O) groups is 2. The van der Waals surface area contributed by atoms with Gasteiger partial charge in [0.05, 0.1) is 18.1 Å². The fourth-order valence-corrected chi connectivity index (χ4v) is 2.93. The molecule has 21 heavy (non-hydrogen) atoms. The molecule has 1 amide bonds. The molecule has 0 spiro atoms. The Morgan fingerprint density at radius 3 is 2.81 bits per heavy atom. The zero-order valence-corrected chi connectivity index (χ0v) is 13.0. The Balaban J connectivity index is 1.52. The summed E-state index contributed by atoms with van der Waals surface area (Å²) in [5.41, 5.74) is 0. The van der Waals surface area contributed by atoms with Crippen molar-refractivity contribution < 1.29 is 14.3 Å². The van der Waals surface area contributed by atoms with Crippen molar-refractivity contribution in [2.24, 2.45) is 0 Å². The van der Waals surface area contributed by atoms with Crippen molar-refractivity contribution in [2.75, 3.05) is 39.4 Å². The topological polar surface area (TPSA) is 58.6 Å². The summed E-state index contributed by atoms with van der Waals surface area (Å²) in [6.45, 7) is 4.95. The Kier molecular flexibility index (Phi) is 6.85. The highest BCUT2D eigenvalue weighted by molar-refractivity contribution is 7.12. The summed E-state index contributed by atoms with van der Waals surface area (Å²) in [7, 11) is 0. The summed E-state index contributed by atoms with van der Waals surface area (Å²) < 4.78 is 5.27. The van der Waals surface area contributed by atoms with Crippen LogP contribution >= 0.6 is 11.3 Å². The van der Waals surface area contributed by atoms with E-state index in [9.17, 15) is 9.59 Å². The van der Waals surface area contributed by atoms with Gasteiger partial charge in [0.2, 0.25) is 5.91 Å². The third-order valence-electron chi connectivity index (χ3n) is 3.46. The van der Waals surface area contributed by atoms with E-state index in [1.54, 1.807) is 0 Å². The molecule has 0 bridgehead atoms. The van der Waals surface area contributed by atoms with E-state index in [1.807, 2.05) is 17.5 Å². The number of nitrogens with zero attached hydrogens (tertiary/aromatic N) is 1. The van der Waals surface area contributed by atoms with Crippen LogP contribution in [0.1, 0.15) is 28.9 Å². The number of ketones is 1. The van der Waals surface area contributed by atoms with Crippen molar-refractivity contribution in [1.82, 2.24) is 10.2 Å². The van der Waals surface area contributed by atoms with Crippen molar-refractivity contribution in [2.45, 2.75) is 19.3 Å². The minimum absolute atomic E-state index is 0.0299. The quantitative estimate of drug-likeness (QED) is 0.740. The van der Waals surface area contributed by atoms with Crippen molar-refractivity contribution in [3.63, 3.8) is 0 Å². The van der Waals surface area contributed by atoms with Gasteiger partial charge >= 0.3 is 0 Å². The van der Waals surface area contributed by atoms with Crippen molar-refractivity contribution in [1.29, 1.82) is 0 Å². The summed E-state index contributed by atoms with van der Waals surface area (Å²) in [5.74, 6) is 0.161. The number of hydrogen-bond acceptors (Lipinski definition) is 5. The number of ether oxygens (including phenoxy) is 1. The maximum Gasteiger partial charge on any atom is 0.220 e. The van der Waals surface area contributed by atoms with Crippen molar-refractivity contribution in [3.8, 4) is 0 Å². The third-order valence-corrected chi connectivity index (χ3v) is 4.37. The van der Waals surface area contributed by atoms with Crippen LogP contribution in [0, 0.1) is 0 Å². The van der Waals surface area contributed by atoms with Crippen LogP contribution in [0.5, 0.6) is 0 Å². The van der Waals surface area contributed by atoms with E-state index in [-0.39, 0.29) is 11.7 Å². The number of Topliss-reactive ketones (excluding diaryl/α,β-unsaturated/α-hetero) is 1. The minimum Gasteiger partial charge on any atom is -0.379 e. The van der Waals surface area contributed by atoms with E-state index in [2.05, 4.69) is 10.2 Å². The molecule has 6 heteroatoms. The average Bonchev–Trinajstić information content (AvgIpc) is 3.02. The van der Waals surface area contributed by atoms with Gasteiger partial charge in [0.15, 0.2) is 5.78 Å². The highest BCUT2D eigenvalue weighted by Crippen LogP contribution is 2.12. The molecule has 5 nitrogen and oxygen atoms in total. The lowest BCUT2D eigenvalue weighted by atomic mass is 10.1. The summed E-state index contributed by atoms with van der Waals surface area (Å²) in [4.78, 5) is 26.5. The Morgan fingerprint density at radius 1 is 1.29 bits per heavy atom. The molecule has 1 aliphatic heterocycles. The molecule has 0 aliphatic carbocycles. The summed E-state index contributed by atoms with van der Waals surface area (Å²) in [6.07, 6.45) is 1.47. The van der Waals surface area contributed by atoms with E-state index < -0.39 is 0 Å². The van der Waals surface area contributed by atoms with E-state index in [1.165, 1.54) is 11.3 Å². The summed E-state index contributed by atoms with van der Waals surface area (Å²) >= 11 is 1.45. The standard InChI is InChI=1S/C15H22N2O3S/c18-13(14-4-2-12-21-14)3-1-5-15(19)16-6-7-17-8-10-20-11-9-17/h2,4,12H,1,3,5-11H2,(H,16,19). The molecule has 116 valence electrons. The van der Waals surface area contributed by atoms with Crippen LogP contribution in [0.25, 0.3) is 0 Å². The molecule has 1 aliphatic rings. The zero-order valence-electron chi connectivity index (χ0n) is 12.2. The SMILES string of the molecule is O=C(CCCC(=O)c1cccs1)NCCN1CCOCC1. The molecule has 1 N–H and O–H groups in total. The molecule has 1 aromatic heterocycles. The van der Waals surface area contributed by atoms with Crippen LogP contribution in [-0.2, 0) is 9.53 Å². The van der Waals surface area contributed by atoms with Gasteiger partial charge in [-0.3, -0.25) is 14.5 Å².